The van der Waals surface area contributed by atoms with E-state index in [2.05, 4.69) is 16.0 Å². The molecule has 3 atom stereocenters. The number of amides is 2. The Morgan fingerprint density at radius 3 is 2.47 bits per heavy atom. The fourth-order valence-electron chi connectivity index (χ4n) is 4.29. The topological polar surface area (TPSA) is 195 Å². The van der Waals surface area contributed by atoms with Gasteiger partial charge in [0.15, 0.2) is 0 Å². The quantitative estimate of drug-likeness (QED) is 0.181. The van der Waals surface area contributed by atoms with E-state index in [0.717, 1.165) is 6.42 Å². The van der Waals surface area contributed by atoms with Gasteiger partial charge in [-0.05, 0) is 55.1 Å². The van der Waals surface area contributed by atoms with Crippen molar-refractivity contribution in [3.8, 4) is 5.75 Å². The molecular weight excluding hydrogens is 492 g/mol. The fourth-order valence-corrected chi connectivity index (χ4v) is 4.83. The third kappa shape index (κ3) is 5.61. The van der Waals surface area contributed by atoms with Crippen LogP contribution < -0.4 is 25.9 Å². The van der Waals surface area contributed by atoms with Crippen LogP contribution in [0.25, 0.3) is 0 Å². The number of fused-ring (bicyclic) bond motifs is 1. The number of carboxylic acids is 1. The second kappa shape index (κ2) is 10.4. The number of benzene rings is 2. The molecule has 2 aliphatic rings. The monoisotopic (exact) mass is 517 g/mol. The van der Waals surface area contributed by atoms with E-state index in [0.29, 0.717) is 18.5 Å². The van der Waals surface area contributed by atoms with Crippen molar-refractivity contribution in [2.24, 2.45) is 0 Å². The summed E-state index contributed by atoms with van der Waals surface area (Å²) < 4.78 is 16.9. The van der Waals surface area contributed by atoms with E-state index in [1.165, 1.54) is 36.4 Å². The highest BCUT2D eigenvalue weighted by Crippen LogP contribution is 2.33. The van der Waals surface area contributed by atoms with Crippen LogP contribution in [0.2, 0.25) is 0 Å². The van der Waals surface area contributed by atoms with Gasteiger partial charge in [-0.3, -0.25) is 14.2 Å². The summed E-state index contributed by atoms with van der Waals surface area (Å²) in [4.78, 5) is 56.3. The molecule has 1 saturated heterocycles. The number of carboxylic acid groups (broad SMARTS) is 1. The lowest BCUT2D eigenvalue weighted by atomic mass is 9.72. The van der Waals surface area contributed by atoms with Crippen LogP contribution in [0.5, 0.6) is 5.75 Å². The maximum atomic E-state index is 13.3. The maximum Gasteiger partial charge on any atom is 0.547 e. The van der Waals surface area contributed by atoms with Crippen LogP contribution in [0.15, 0.2) is 42.5 Å². The Bertz CT molecular complexity index is 1210. The summed E-state index contributed by atoms with van der Waals surface area (Å²) in [6.07, 6.45) is 1.47. The zero-order valence-electron chi connectivity index (χ0n) is 19.0. The number of aromatic carboxylic acids is 1. The third-order valence-electron chi connectivity index (χ3n) is 6.17. The summed E-state index contributed by atoms with van der Waals surface area (Å²) in [6.45, 7) is 0.662. The molecule has 0 spiro atoms. The first kappa shape index (κ1) is 25.9. The van der Waals surface area contributed by atoms with E-state index in [9.17, 15) is 38.9 Å². The summed E-state index contributed by atoms with van der Waals surface area (Å²) in [6, 6.07) is 7.81. The van der Waals surface area contributed by atoms with E-state index in [1.54, 1.807) is 6.07 Å². The molecule has 1 unspecified atom stereocenters. The van der Waals surface area contributed by atoms with Gasteiger partial charge in [0.2, 0.25) is 11.8 Å². The summed E-state index contributed by atoms with van der Waals surface area (Å²) >= 11 is 0. The molecule has 0 radical (unpaired) electrons. The van der Waals surface area contributed by atoms with Crippen LogP contribution in [0.1, 0.15) is 40.4 Å². The largest absolute Gasteiger partial charge is 0.547 e. The van der Waals surface area contributed by atoms with Crippen molar-refractivity contribution in [2.75, 3.05) is 6.54 Å². The van der Waals surface area contributed by atoms with Crippen LogP contribution >= 0.6 is 7.60 Å². The lowest BCUT2D eigenvalue weighted by Crippen LogP contribution is -2.56. The molecule has 2 amide bonds. The van der Waals surface area contributed by atoms with E-state index in [1.807, 2.05) is 0 Å². The minimum atomic E-state index is -4.51. The Hall–Kier alpha value is -3.22. The average molecular weight is 517 g/mol. The molecule has 0 aromatic heterocycles. The molecule has 0 aliphatic carbocycles. The molecule has 2 aromatic rings. The number of hydrogen-bond acceptors (Lipinski definition) is 7. The van der Waals surface area contributed by atoms with Crippen LogP contribution in [0.4, 0.5) is 0 Å². The van der Waals surface area contributed by atoms with Crippen LogP contribution in [-0.2, 0) is 20.6 Å². The normalized spacial score (nSPS) is 20.1. The van der Waals surface area contributed by atoms with Crippen molar-refractivity contribution in [3.63, 3.8) is 0 Å². The van der Waals surface area contributed by atoms with E-state index in [4.69, 9.17) is 4.65 Å². The summed E-state index contributed by atoms with van der Waals surface area (Å²) in [5, 5.41) is 28.0. The second-order valence-electron chi connectivity index (χ2n) is 8.65. The summed E-state index contributed by atoms with van der Waals surface area (Å²) in [7, 11) is -6.05. The molecule has 0 bridgehead atoms. The molecule has 2 aromatic carbocycles. The smallest absolute Gasteiger partial charge is 0.534 e. The van der Waals surface area contributed by atoms with Gasteiger partial charge in [-0.1, -0.05) is 24.3 Å². The molecule has 12 nitrogen and oxygen atoms in total. The molecular formula is C22H25BN3O9P. The molecule has 7 N–H and O–H groups in total. The number of rotatable bonds is 7. The van der Waals surface area contributed by atoms with Crippen molar-refractivity contribution in [1.82, 2.24) is 16.0 Å². The molecule has 2 heterocycles. The maximum absolute atomic E-state index is 13.3. The first-order valence-electron chi connectivity index (χ1n) is 11.2. The van der Waals surface area contributed by atoms with Gasteiger partial charge >= 0.3 is 20.7 Å². The minimum absolute atomic E-state index is 0.0215. The first-order chi connectivity index (χ1) is 17.0. The van der Waals surface area contributed by atoms with Gasteiger partial charge in [0.05, 0.1) is 22.9 Å². The van der Waals surface area contributed by atoms with Crippen LogP contribution in [0.3, 0.4) is 0 Å². The highest BCUT2D eigenvalue weighted by atomic mass is 31.2. The van der Waals surface area contributed by atoms with Crippen molar-refractivity contribution < 1.29 is 43.5 Å². The SMILES string of the molecule is O=C(O)c1cccc2c1OB(O)[C@@H](NC(=O)C(NC(=O)[C@@H]1CCCN1)c1ccc(P(=O)(O)O)cc1)C2. The van der Waals surface area contributed by atoms with Crippen molar-refractivity contribution in [1.29, 1.82) is 0 Å². The van der Waals surface area contributed by atoms with Gasteiger partial charge in [0.1, 0.15) is 11.8 Å². The van der Waals surface area contributed by atoms with Crippen LogP contribution in [-0.4, -0.2) is 63.3 Å². The highest BCUT2D eigenvalue weighted by Gasteiger charge is 2.39. The van der Waals surface area contributed by atoms with Gasteiger partial charge in [-0.2, -0.15) is 0 Å². The molecule has 0 saturated carbocycles. The molecule has 14 heteroatoms. The number of nitrogens with one attached hydrogen (secondary N) is 3. The minimum Gasteiger partial charge on any atom is -0.534 e. The van der Waals surface area contributed by atoms with Crippen molar-refractivity contribution in [2.45, 2.75) is 37.3 Å². The zero-order valence-corrected chi connectivity index (χ0v) is 19.9. The Morgan fingerprint density at radius 1 is 1.14 bits per heavy atom. The van der Waals surface area contributed by atoms with Crippen LogP contribution in [0, 0.1) is 0 Å². The van der Waals surface area contributed by atoms with Gasteiger partial charge < -0.3 is 40.5 Å². The number of para-hydroxylation sites is 1. The lowest BCUT2D eigenvalue weighted by molar-refractivity contribution is -0.130. The van der Waals surface area contributed by atoms with Gasteiger partial charge in [0, 0.05) is 0 Å². The predicted octanol–water partition coefficient (Wildman–Crippen LogP) is -0.763. The molecule has 1 fully saturated rings. The Kier molecular flexibility index (Phi) is 7.48. The van der Waals surface area contributed by atoms with Gasteiger partial charge in [-0.25, -0.2) is 4.79 Å². The highest BCUT2D eigenvalue weighted by molar-refractivity contribution is 7.60. The molecule has 2 aliphatic heterocycles. The number of carbonyl (C=O) groups is 3. The molecule has 4 rings (SSSR count). The fraction of sp³-hybridized carbons (Fsp3) is 0.318. The average Bonchev–Trinajstić information content (AvgIpc) is 3.37. The number of carbonyl (C=O) groups excluding carboxylic acids is 2. The van der Waals surface area contributed by atoms with E-state index < -0.39 is 50.5 Å². The molecule has 190 valence electrons. The summed E-state index contributed by atoms with van der Waals surface area (Å²) in [5.74, 6) is -3.25. The Morgan fingerprint density at radius 2 is 1.86 bits per heavy atom. The Balaban J connectivity index is 1.56. The summed E-state index contributed by atoms with van der Waals surface area (Å²) in [5.41, 5.74) is 0.638. The lowest BCUT2D eigenvalue weighted by Gasteiger charge is -2.30. The second-order valence-corrected chi connectivity index (χ2v) is 10.3. The Labute approximate surface area is 206 Å². The predicted molar refractivity (Wildman–Crippen MR) is 128 cm³/mol. The van der Waals surface area contributed by atoms with Crippen molar-refractivity contribution in [3.05, 3.63) is 59.2 Å². The first-order valence-corrected chi connectivity index (χ1v) is 12.9. The zero-order chi connectivity index (χ0) is 26.0. The van der Waals surface area contributed by atoms with E-state index >= 15 is 0 Å². The standard InChI is InChI=1S/C22H25BN3O9P/c27-20(16-5-2-10-24-16)26-18(12-6-8-14(9-7-12)36(32,33)34)21(28)25-17-11-13-3-1-4-15(22(29)30)19(13)35-23(17)31/h1,3-4,6-9,16-18,24,31H,2,5,10-11H2,(H,25,28)(H,26,27)(H,29,30)(H2,32,33,34)/t16-,17-,18?/m0/s1. The van der Waals surface area contributed by atoms with Gasteiger partial charge in [0.25, 0.3) is 0 Å². The third-order valence-corrected chi connectivity index (χ3v) is 7.14. The van der Waals surface area contributed by atoms with Gasteiger partial charge in [-0.15, -0.1) is 0 Å². The van der Waals surface area contributed by atoms with Crippen molar-refractivity contribution >= 4 is 37.8 Å². The number of hydrogen-bond donors (Lipinski definition) is 7. The van der Waals surface area contributed by atoms with E-state index in [-0.39, 0.29) is 28.6 Å². The molecule has 36 heavy (non-hydrogen) atoms.